The van der Waals surface area contributed by atoms with E-state index in [9.17, 15) is 4.79 Å². The van der Waals surface area contributed by atoms with Gasteiger partial charge in [-0.05, 0) is 71.2 Å². The average molecular weight is 362 g/mol. The molecule has 3 heteroatoms. The Morgan fingerprint density at radius 3 is 2.04 bits per heavy atom. The van der Waals surface area contributed by atoms with Crippen molar-refractivity contribution in [3.05, 3.63) is 64.2 Å². The molecule has 0 aromatic heterocycles. The maximum absolute atomic E-state index is 11.0. The van der Waals surface area contributed by atoms with E-state index in [0.29, 0.717) is 0 Å². The number of hydrogen-bond donors (Lipinski definition) is 1. The Balaban J connectivity index is 2.06. The van der Waals surface area contributed by atoms with Crippen molar-refractivity contribution in [3.63, 3.8) is 0 Å². The first-order chi connectivity index (χ1) is 12.6. The van der Waals surface area contributed by atoms with Gasteiger partial charge in [0.1, 0.15) is 5.75 Å². The van der Waals surface area contributed by atoms with E-state index in [1.807, 2.05) is 0 Å². The van der Waals surface area contributed by atoms with Crippen molar-refractivity contribution < 1.29 is 14.6 Å². The van der Waals surface area contributed by atoms with Gasteiger partial charge in [0.2, 0.25) is 0 Å². The second-order valence-corrected chi connectivity index (χ2v) is 8.50. The molecule has 0 aliphatic heterocycles. The summed E-state index contributed by atoms with van der Waals surface area (Å²) in [4.78, 5) is 11.0. The summed E-state index contributed by atoms with van der Waals surface area (Å²) in [7, 11) is 1.68. The highest BCUT2D eigenvalue weighted by molar-refractivity contribution is 5.87. The monoisotopic (exact) mass is 362 g/mol. The van der Waals surface area contributed by atoms with Gasteiger partial charge in [-0.25, -0.2) is 4.79 Å². The van der Waals surface area contributed by atoms with Gasteiger partial charge in [-0.2, -0.15) is 0 Å². The Kier molecular flexibility index (Phi) is 4.78. The molecule has 0 heterocycles. The predicted octanol–water partition coefficient (Wildman–Crippen LogP) is 5.14. The van der Waals surface area contributed by atoms with Gasteiger partial charge in [0.15, 0.2) is 0 Å². The summed E-state index contributed by atoms with van der Waals surface area (Å²) < 4.78 is 5.63. The third-order valence-electron chi connectivity index (χ3n) is 5.65. The maximum atomic E-state index is 11.0. The van der Waals surface area contributed by atoms with Gasteiger partial charge >= 0.3 is 5.97 Å². The van der Waals surface area contributed by atoms with E-state index >= 15 is 0 Å². The summed E-state index contributed by atoms with van der Waals surface area (Å²) >= 11 is 0. The highest BCUT2D eigenvalue weighted by Crippen LogP contribution is 2.47. The second-order valence-electron chi connectivity index (χ2n) is 8.50. The van der Waals surface area contributed by atoms with Gasteiger partial charge in [0, 0.05) is 5.56 Å². The van der Waals surface area contributed by atoms with Crippen LogP contribution in [0.25, 0.3) is 0 Å². The molecule has 3 rings (SSSR count). The normalized spacial score (nSPS) is 16.6. The standard InChI is InChI=1S/C24H26O3/c1-23(2)12-13-24(3,4)20-15-21(27-5)18(14-19(20)23)11-8-16-6-9-17(10-7-16)22(25)26/h6-7,9-10,14-15H,12-13H2,1-5H3,(H,25,26). The summed E-state index contributed by atoms with van der Waals surface area (Å²) in [5.41, 5.74) is 4.81. The summed E-state index contributed by atoms with van der Waals surface area (Å²) in [6.45, 7) is 9.15. The lowest BCUT2D eigenvalue weighted by Gasteiger charge is -2.42. The van der Waals surface area contributed by atoms with Crippen molar-refractivity contribution in [1.29, 1.82) is 0 Å². The van der Waals surface area contributed by atoms with Crippen molar-refractivity contribution in [3.8, 4) is 17.6 Å². The molecule has 0 radical (unpaired) electrons. The Labute approximate surface area is 161 Å². The fourth-order valence-corrected chi connectivity index (χ4v) is 3.70. The molecule has 2 aromatic rings. The zero-order chi connectivity index (χ0) is 19.8. The molecular formula is C24H26O3. The van der Waals surface area contributed by atoms with Gasteiger partial charge in [-0.1, -0.05) is 39.5 Å². The lowest BCUT2D eigenvalue weighted by Crippen LogP contribution is -2.34. The molecule has 1 aliphatic rings. The number of methoxy groups -OCH3 is 1. The molecule has 3 nitrogen and oxygen atoms in total. The van der Waals surface area contributed by atoms with Crippen LogP contribution in [0, 0.1) is 11.8 Å². The topological polar surface area (TPSA) is 46.5 Å². The summed E-state index contributed by atoms with van der Waals surface area (Å²) in [5.74, 6) is 6.21. The quantitative estimate of drug-likeness (QED) is 0.752. The molecule has 0 amide bonds. The average Bonchev–Trinajstić information content (AvgIpc) is 2.63. The SMILES string of the molecule is COc1cc2c(cc1C#Cc1ccc(C(=O)O)cc1)C(C)(C)CCC2(C)C. The number of ether oxygens (including phenoxy) is 1. The fraction of sp³-hybridized carbons (Fsp3) is 0.375. The van der Waals surface area contributed by atoms with E-state index in [1.54, 1.807) is 31.4 Å². The highest BCUT2D eigenvalue weighted by Gasteiger charge is 2.37. The molecule has 27 heavy (non-hydrogen) atoms. The fourth-order valence-electron chi connectivity index (χ4n) is 3.70. The zero-order valence-corrected chi connectivity index (χ0v) is 16.6. The van der Waals surface area contributed by atoms with Crippen LogP contribution in [-0.2, 0) is 10.8 Å². The molecule has 0 atom stereocenters. The predicted molar refractivity (Wildman–Crippen MR) is 108 cm³/mol. The largest absolute Gasteiger partial charge is 0.495 e. The van der Waals surface area contributed by atoms with Crippen LogP contribution in [0.15, 0.2) is 36.4 Å². The van der Waals surface area contributed by atoms with Gasteiger partial charge in [-0.3, -0.25) is 0 Å². The molecule has 0 bridgehead atoms. The van der Waals surface area contributed by atoms with Gasteiger partial charge in [0.25, 0.3) is 0 Å². The van der Waals surface area contributed by atoms with Gasteiger partial charge in [0.05, 0.1) is 18.2 Å². The first-order valence-corrected chi connectivity index (χ1v) is 9.22. The minimum Gasteiger partial charge on any atom is -0.495 e. The Bertz CT molecular complexity index is 938. The molecule has 0 saturated carbocycles. The number of rotatable bonds is 2. The maximum Gasteiger partial charge on any atom is 0.335 e. The van der Waals surface area contributed by atoms with Crippen molar-refractivity contribution >= 4 is 5.97 Å². The lowest BCUT2D eigenvalue weighted by molar-refractivity contribution is 0.0697. The van der Waals surface area contributed by atoms with E-state index < -0.39 is 5.97 Å². The molecule has 1 aliphatic carbocycles. The Hall–Kier alpha value is -2.73. The van der Waals surface area contributed by atoms with Crippen LogP contribution in [0.4, 0.5) is 0 Å². The molecule has 2 aromatic carbocycles. The number of carboxylic acid groups (broad SMARTS) is 1. The van der Waals surface area contributed by atoms with Crippen LogP contribution in [-0.4, -0.2) is 18.2 Å². The van der Waals surface area contributed by atoms with E-state index in [2.05, 4.69) is 51.7 Å². The zero-order valence-electron chi connectivity index (χ0n) is 16.6. The second kappa shape index (κ2) is 6.78. The molecule has 0 saturated heterocycles. The van der Waals surface area contributed by atoms with E-state index in [-0.39, 0.29) is 16.4 Å². The number of fused-ring (bicyclic) bond motifs is 1. The summed E-state index contributed by atoms with van der Waals surface area (Å²) in [6, 6.07) is 10.9. The van der Waals surface area contributed by atoms with Crippen LogP contribution < -0.4 is 4.74 Å². The van der Waals surface area contributed by atoms with Crippen molar-refractivity contribution in [1.82, 2.24) is 0 Å². The van der Waals surface area contributed by atoms with E-state index in [4.69, 9.17) is 9.84 Å². The number of aromatic carboxylic acids is 1. The third kappa shape index (κ3) is 3.71. The number of hydrogen-bond acceptors (Lipinski definition) is 2. The number of carbonyl (C=O) groups is 1. The van der Waals surface area contributed by atoms with Crippen molar-refractivity contribution in [2.24, 2.45) is 0 Å². The van der Waals surface area contributed by atoms with Crippen LogP contribution in [0.5, 0.6) is 5.75 Å². The summed E-state index contributed by atoms with van der Waals surface area (Å²) in [5, 5.41) is 9.00. The Morgan fingerprint density at radius 2 is 1.52 bits per heavy atom. The molecule has 1 N–H and O–H groups in total. The van der Waals surface area contributed by atoms with Crippen LogP contribution in [0.3, 0.4) is 0 Å². The van der Waals surface area contributed by atoms with E-state index in [0.717, 1.165) is 29.7 Å². The first-order valence-electron chi connectivity index (χ1n) is 9.22. The molecular weight excluding hydrogens is 336 g/mol. The van der Waals surface area contributed by atoms with Crippen LogP contribution in [0.2, 0.25) is 0 Å². The van der Waals surface area contributed by atoms with Crippen LogP contribution >= 0.6 is 0 Å². The molecule has 0 spiro atoms. The molecule has 0 unspecified atom stereocenters. The highest BCUT2D eigenvalue weighted by atomic mass is 16.5. The number of benzene rings is 2. The minimum absolute atomic E-state index is 0.108. The first kappa shape index (κ1) is 19.0. The summed E-state index contributed by atoms with van der Waals surface area (Å²) in [6.07, 6.45) is 2.29. The molecule has 140 valence electrons. The lowest BCUT2D eigenvalue weighted by atomic mass is 9.63. The third-order valence-corrected chi connectivity index (χ3v) is 5.65. The Morgan fingerprint density at radius 1 is 0.963 bits per heavy atom. The minimum atomic E-state index is -0.935. The van der Waals surface area contributed by atoms with Crippen molar-refractivity contribution in [2.45, 2.75) is 51.4 Å². The van der Waals surface area contributed by atoms with Gasteiger partial charge < -0.3 is 9.84 Å². The number of carboxylic acids is 1. The molecule has 0 fully saturated rings. The van der Waals surface area contributed by atoms with E-state index in [1.165, 1.54) is 11.1 Å². The van der Waals surface area contributed by atoms with Gasteiger partial charge in [-0.15, -0.1) is 0 Å². The smallest absolute Gasteiger partial charge is 0.335 e. The van der Waals surface area contributed by atoms with Crippen LogP contribution in [0.1, 0.15) is 73.1 Å². The van der Waals surface area contributed by atoms with Crippen molar-refractivity contribution in [2.75, 3.05) is 7.11 Å².